The molecule has 1 aliphatic rings. The van der Waals surface area contributed by atoms with Gasteiger partial charge in [0, 0.05) is 18.9 Å². The van der Waals surface area contributed by atoms with Gasteiger partial charge in [-0.15, -0.1) is 0 Å². The van der Waals surface area contributed by atoms with Crippen molar-refractivity contribution in [1.29, 1.82) is 0 Å². The molecule has 2 aromatic heterocycles. The lowest BCUT2D eigenvalue weighted by Crippen LogP contribution is -2.43. The van der Waals surface area contributed by atoms with Gasteiger partial charge in [-0.25, -0.2) is 9.97 Å². The third kappa shape index (κ3) is 1.80. The summed E-state index contributed by atoms with van der Waals surface area (Å²) in [5, 5.41) is 13.1. The van der Waals surface area contributed by atoms with Crippen LogP contribution in [0, 0.1) is 0 Å². The molecular formula is C11H15N5O. The van der Waals surface area contributed by atoms with Gasteiger partial charge in [-0.3, -0.25) is 0 Å². The van der Waals surface area contributed by atoms with E-state index in [1.54, 1.807) is 12.4 Å². The van der Waals surface area contributed by atoms with Crippen LogP contribution in [0.25, 0.3) is 5.65 Å². The van der Waals surface area contributed by atoms with Gasteiger partial charge in [-0.1, -0.05) is 0 Å². The number of aromatic nitrogens is 3. The average molecular weight is 233 g/mol. The van der Waals surface area contributed by atoms with Crippen LogP contribution < -0.4 is 11.1 Å². The quantitative estimate of drug-likeness (QED) is 0.724. The number of nitrogen functional groups attached to an aromatic ring is 1. The smallest absolute Gasteiger partial charge is 0.180 e. The number of nitrogens with zero attached hydrogens (tertiary/aromatic N) is 3. The third-order valence-corrected chi connectivity index (χ3v) is 3.26. The summed E-state index contributed by atoms with van der Waals surface area (Å²) in [5.74, 6) is 1.05. The normalized spacial score (nSPS) is 17.9. The maximum Gasteiger partial charge on any atom is 0.180 e. The van der Waals surface area contributed by atoms with Crippen molar-refractivity contribution in [1.82, 2.24) is 14.4 Å². The van der Waals surface area contributed by atoms with Gasteiger partial charge in [0.2, 0.25) is 0 Å². The molecule has 0 bridgehead atoms. The molecule has 1 saturated carbocycles. The molecule has 0 saturated heterocycles. The summed E-state index contributed by atoms with van der Waals surface area (Å²) in [4.78, 5) is 8.41. The largest absolute Gasteiger partial charge is 0.388 e. The van der Waals surface area contributed by atoms with Crippen LogP contribution in [0.15, 0.2) is 18.6 Å². The van der Waals surface area contributed by atoms with E-state index >= 15 is 0 Å². The first-order valence-corrected chi connectivity index (χ1v) is 5.72. The lowest BCUT2D eigenvalue weighted by atomic mass is 9.80. The number of imidazole rings is 1. The molecule has 0 amide bonds. The number of nitrogens with one attached hydrogen (secondary N) is 1. The zero-order valence-electron chi connectivity index (χ0n) is 9.43. The van der Waals surface area contributed by atoms with Crippen LogP contribution in [0.4, 0.5) is 11.6 Å². The maximum absolute atomic E-state index is 10.0. The molecule has 0 aromatic carbocycles. The highest BCUT2D eigenvalue weighted by Crippen LogP contribution is 2.31. The minimum Gasteiger partial charge on any atom is -0.388 e. The first-order chi connectivity index (χ1) is 8.16. The van der Waals surface area contributed by atoms with Gasteiger partial charge in [0.25, 0.3) is 0 Å². The third-order valence-electron chi connectivity index (χ3n) is 3.26. The monoisotopic (exact) mass is 233 g/mol. The highest BCUT2D eigenvalue weighted by Gasteiger charge is 2.34. The number of hydrogen-bond acceptors (Lipinski definition) is 5. The Bertz CT molecular complexity index is 546. The molecule has 2 heterocycles. The molecule has 0 atom stereocenters. The van der Waals surface area contributed by atoms with E-state index in [0.29, 0.717) is 18.2 Å². The van der Waals surface area contributed by atoms with Crippen LogP contribution in [0.5, 0.6) is 0 Å². The van der Waals surface area contributed by atoms with Gasteiger partial charge >= 0.3 is 0 Å². The minimum absolute atomic E-state index is 0.429. The lowest BCUT2D eigenvalue weighted by molar-refractivity contribution is -0.0202. The SMILES string of the molecule is Nc1cn2ccnc2c(NCC2(O)CCC2)n1. The number of hydrogen-bond donors (Lipinski definition) is 3. The average Bonchev–Trinajstić information content (AvgIpc) is 2.71. The molecule has 4 N–H and O–H groups in total. The predicted molar refractivity (Wildman–Crippen MR) is 64.7 cm³/mol. The first-order valence-electron chi connectivity index (χ1n) is 5.72. The Hall–Kier alpha value is -1.82. The van der Waals surface area contributed by atoms with Crippen molar-refractivity contribution < 1.29 is 5.11 Å². The second-order valence-corrected chi connectivity index (χ2v) is 4.60. The fourth-order valence-electron chi connectivity index (χ4n) is 2.08. The van der Waals surface area contributed by atoms with Crippen LogP contribution in [0.1, 0.15) is 19.3 Å². The summed E-state index contributed by atoms with van der Waals surface area (Å²) in [5.41, 5.74) is 5.84. The zero-order chi connectivity index (χ0) is 11.9. The van der Waals surface area contributed by atoms with Crippen molar-refractivity contribution in [3.8, 4) is 0 Å². The van der Waals surface area contributed by atoms with Crippen LogP contribution in [-0.4, -0.2) is 31.6 Å². The standard InChI is InChI=1S/C11H15N5O/c12-8-6-16-5-4-13-10(16)9(15-8)14-7-11(17)2-1-3-11/h4-6,17H,1-3,7,12H2,(H,14,15). The molecule has 6 nitrogen and oxygen atoms in total. The Kier molecular flexibility index (Phi) is 2.19. The summed E-state index contributed by atoms with van der Waals surface area (Å²) in [6, 6.07) is 0. The molecule has 0 unspecified atom stereocenters. The topological polar surface area (TPSA) is 88.5 Å². The second kappa shape index (κ2) is 3.59. The molecule has 17 heavy (non-hydrogen) atoms. The van der Waals surface area contributed by atoms with E-state index in [1.807, 2.05) is 10.6 Å². The van der Waals surface area contributed by atoms with Crippen molar-refractivity contribution in [2.45, 2.75) is 24.9 Å². The number of nitrogens with two attached hydrogens (primary N) is 1. The highest BCUT2D eigenvalue weighted by atomic mass is 16.3. The fraction of sp³-hybridized carbons (Fsp3) is 0.455. The number of rotatable bonds is 3. The molecule has 3 rings (SSSR count). The Labute approximate surface area is 98.5 Å². The van der Waals surface area contributed by atoms with Crippen molar-refractivity contribution in [2.24, 2.45) is 0 Å². The Balaban J connectivity index is 1.86. The zero-order valence-corrected chi connectivity index (χ0v) is 9.43. The van der Waals surface area contributed by atoms with Gasteiger partial charge in [-0.05, 0) is 19.3 Å². The summed E-state index contributed by atoms with van der Waals surface area (Å²) in [7, 11) is 0. The van der Waals surface area contributed by atoms with Gasteiger partial charge in [-0.2, -0.15) is 0 Å². The van der Waals surface area contributed by atoms with Crippen molar-refractivity contribution >= 4 is 17.3 Å². The van der Waals surface area contributed by atoms with Gasteiger partial charge in [0.15, 0.2) is 11.5 Å². The maximum atomic E-state index is 10.0. The summed E-state index contributed by atoms with van der Waals surface area (Å²) < 4.78 is 1.81. The Morgan fingerprint density at radius 2 is 2.35 bits per heavy atom. The van der Waals surface area contributed by atoms with Crippen LogP contribution in [0.3, 0.4) is 0 Å². The summed E-state index contributed by atoms with van der Waals surface area (Å²) >= 11 is 0. The van der Waals surface area contributed by atoms with E-state index in [1.165, 1.54) is 0 Å². The fourth-order valence-corrected chi connectivity index (χ4v) is 2.08. The second-order valence-electron chi connectivity index (χ2n) is 4.60. The van der Waals surface area contributed by atoms with E-state index in [2.05, 4.69) is 15.3 Å². The lowest BCUT2D eigenvalue weighted by Gasteiger charge is -2.36. The predicted octanol–water partition coefficient (Wildman–Crippen LogP) is 0.638. The molecular weight excluding hydrogens is 218 g/mol. The van der Waals surface area contributed by atoms with E-state index in [4.69, 9.17) is 5.73 Å². The number of fused-ring (bicyclic) bond motifs is 1. The van der Waals surface area contributed by atoms with Crippen molar-refractivity contribution in [3.05, 3.63) is 18.6 Å². The molecule has 0 radical (unpaired) electrons. The van der Waals surface area contributed by atoms with E-state index in [-0.39, 0.29) is 0 Å². The molecule has 0 aliphatic heterocycles. The van der Waals surface area contributed by atoms with E-state index < -0.39 is 5.60 Å². The van der Waals surface area contributed by atoms with Gasteiger partial charge < -0.3 is 20.6 Å². The molecule has 6 heteroatoms. The number of anilines is 2. The van der Waals surface area contributed by atoms with Gasteiger partial charge in [0.1, 0.15) is 5.82 Å². The Morgan fingerprint density at radius 3 is 3.06 bits per heavy atom. The molecule has 1 fully saturated rings. The summed E-state index contributed by atoms with van der Waals surface area (Å²) in [6.45, 7) is 0.492. The van der Waals surface area contributed by atoms with Crippen LogP contribution in [-0.2, 0) is 0 Å². The number of aliphatic hydroxyl groups is 1. The van der Waals surface area contributed by atoms with Crippen molar-refractivity contribution in [2.75, 3.05) is 17.6 Å². The molecule has 90 valence electrons. The van der Waals surface area contributed by atoms with Crippen LogP contribution >= 0.6 is 0 Å². The minimum atomic E-state index is -0.587. The summed E-state index contributed by atoms with van der Waals surface area (Å²) in [6.07, 6.45) is 7.99. The molecule has 0 spiro atoms. The van der Waals surface area contributed by atoms with E-state index in [9.17, 15) is 5.11 Å². The molecule has 2 aromatic rings. The molecule has 1 aliphatic carbocycles. The first kappa shape index (κ1) is 10.3. The van der Waals surface area contributed by atoms with E-state index in [0.717, 1.165) is 24.9 Å². The van der Waals surface area contributed by atoms with Crippen LogP contribution in [0.2, 0.25) is 0 Å². The van der Waals surface area contributed by atoms with Crippen molar-refractivity contribution in [3.63, 3.8) is 0 Å². The highest BCUT2D eigenvalue weighted by molar-refractivity contribution is 5.64. The Morgan fingerprint density at radius 1 is 1.53 bits per heavy atom. The van der Waals surface area contributed by atoms with Gasteiger partial charge in [0.05, 0.1) is 11.8 Å².